The Morgan fingerprint density at radius 3 is 2.47 bits per heavy atom. The minimum Gasteiger partial charge on any atom is -0.382 e. The smallest absolute Gasteiger partial charge is 0.253 e. The summed E-state index contributed by atoms with van der Waals surface area (Å²) < 4.78 is 0. The molecule has 4 rings (SSSR count). The molecule has 196 valence electrons. The molecule has 0 radical (unpaired) electrons. The van der Waals surface area contributed by atoms with Crippen molar-refractivity contribution >= 4 is 23.2 Å². The van der Waals surface area contributed by atoms with E-state index in [-0.39, 0.29) is 18.0 Å². The molecule has 2 fully saturated rings. The zero-order chi connectivity index (χ0) is 25.8. The van der Waals surface area contributed by atoms with E-state index in [0.717, 1.165) is 35.0 Å². The number of benzene rings is 1. The Bertz CT molecular complexity index is 1130. The van der Waals surface area contributed by atoms with Crippen molar-refractivity contribution in [3.63, 3.8) is 0 Å². The molecule has 1 unspecified atom stereocenters. The van der Waals surface area contributed by atoms with Crippen LogP contribution in [0.1, 0.15) is 84.6 Å². The summed E-state index contributed by atoms with van der Waals surface area (Å²) in [4.78, 5) is 28.2. The third kappa shape index (κ3) is 6.92. The van der Waals surface area contributed by atoms with E-state index in [2.05, 4.69) is 27.9 Å². The fourth-order valence-electron chi connectivity index (χ4n) is 5.51. The molecule has 0 aliphatic heterocycles. The van der Waals surface area contributed by atoms with Gasteiger partial charge >= 0.3 is 0 Å². The van der Waals surface area contributed by atoms with Crippen molar-refractivity contribution < 1.29 is 4.79 Å². The number of H-pyrrole nitrogens is 1. The third-order valence-electron chi connectivity index (χ3n) is 8.08. The summed E-state index contributed by atoms with van der Waals surface area (Å²) in [6, 6.07) is 6.46. The van der Waals surface area contributed by atoms with Crippen LogP contribution in [0.25, 0.3) is 0 Å². The number of amides is 1. The Morgan fingerprint density at radius 2 is 1.81 bits per heavy atom. The number of anilines is 1. The Kier molecular flexibility index (Phi) is 8.78. The number of nitrogens with one attached hydrogen (secondary N) is 4. The van der Waals surface area contributed by atoms with Gasteiger partial charge in [0.25, 0.3) is 11.5 Å². The number of rotatable bonds is 10. The predicted molar refractivity (Wildman–Crippen MR) is 148 cm³/mol. The van der Waals surface area contributed by atoms with Crippen LogP contribution in [-0.2, 0) is 6.54 Å². The number of aryl methyl sites for hydroxylation is 2. The number of carbonyl (C=O) groups excluding carboxylic acids is 1. The van der Waals surface area contributed by atoms with Gasteiger partial charge in [-0.15, -0.1) is 0 Å². The quantitative estimate of drug-likeness (QED) is 0.332. The maximum atomic E-state index is 13.1. The summed E-state index contributed by atoms with van der Waals surface area (Å²) in [6.45, 7) is 9.25. The summed E-state index contributed by atoms with van der Waals surface area (Å²) in [5.41, 5.74) is 4.37. The van der Waals surface area contributed by atoms with Crippen LogP contribution in [-0.4, -0.2) is 29.5 Å². The van der Waals surface area contributed by atoms with Gasteiger partial charge in [0.15, 0.2) is 0 Å². The number of hydrogen-bond donors (Lipinski definition) is 4. The molecule has 2 aliphatic carbocycles. The lowest BCUT2D eigenvalue weighted by atomic mass is 9.82. The number of aromatic amines is 1. The Morgan fingerprint density at radius 1 is 1.08 bits per heavy atom. The van der Waals surface area contributed by atoms with Crippen molar-refractivity contribution in [3.8, 4) is 0 Å². The van der Waals surface area contributed by atoms with Crippen molar-refractivity contribution in [2.24, 2.45) is 11.8 Å². The molecule has 36 heavy (non-hydrogen) atoms. The zero-order valence-electron chi connectivity index (χ0n) is 22.1. The highest BCUT2D eigenvalue weighted by Gasteiger charge is 2.27. The monoisotopic (exact) mass is 512 g/mol. The number of halogens is 1. The van der Waals surface area contributed by atoms with Crippen LogP contribution in [0.15, 0.2) is 23.0 Å². The summed E-state index contributed by atoms with van der Waals surface area (Å²) in [5.74, 6) is 1.35. The first-order valence-corrected chi connectivity index (χ1v) is 13.9. The molecule has 2 aliphatic rings. The van der Waals surface area contributed by atoms with Gasteiger partial charge in [-0.3, -0.25) is 9.59 Å². The van der Waals surface area contributed by atoms with E-state index in [0.29, 0.717) is 34.2 Å². The van der Waals surface area contributed by atoms with Crippen LogP contribution in [0.3, 0.4) is 0 Å². The van der Waals surface area contributed by atoms with Gasteiger partial charge in [0, 0.05) is 46.2 Å². The van der Waals surface area contributed by atoms with Crippen LogP contribution in [0, 0.1) is 32.6 Å². The van der Waals surface area contributed by atoms with Gasteiger partial charge in [-0.25, -0.2) is 0 Å². The molecular formula is C29H41ClN4O2. The first-order valence-electron chi connectivity index (χ1n) is 13.5. The third-order valence-corrected chi connectivity index (χ3v) is 8.30. The van der Waals surface area contributed by atoms with Gasteiger partial charge in [-0.1, -0.05) is 24.4 Å². The SMILES string of the molecule is Cc1cc(C)c(CNC(=O)c2cc(Cl)cc(NC(C)C3CCC(NCCC4CC4)CC3)c2C)c(=O)[nH]1. The zero-order valence-corrected chi connectivity index (χ0v) is 22.9. The van der Waals surface area contributed by atoms with Crippen molar-refractivity contribution in [2.45, 2.75) is 91.3 Å². The highest BCUT2D eigenvalue weighted by molar-refractivity contribution is 6.31. The highest BCUT2D eigenvalue weighted by atomic mass is 35.5. The maximum Gasteiger partial charge on any atom is 0.253 e. The second-order valence-corrected chi connectivity index (χ2v) is 11.4. The average molecular weight is 513 g/mol. The van der Waals surface area contributed by atoms with Crippen molar-refractivity contribution in [1.29, 1.82) is 0 Å². The van der Waals surface area contributed by atoms with Crippen LogP contribution in [0.4, 0.5) is 5.69 Å². The van der Waals surface area contributed by atoms with E-state index in [1.165, 1.54) is 44.9 Å². The summed E-state index contributed by atoms with van der Waals surface area (Å²) in [7, 11) is 0. The lowest BCUT2D eigenvalue weighted by Crippen LogP contribution is -2.38. The molecular weight excluding hydrogens is 472 g/mol. The van der Waals surface area contributed by atoms with E-state index in [1.807, 2.05) is 32.9 Å². The van der Waals surface area contributed by atoms with Crippen molar-refractivity contribution in [1.82, 2.24) is 15.6 Å². The number of pyridine rings is 1. The summed E-state index contributed by atoms with van der Waals surface area (Å²) in [5, 5.41) is 10.9. The molecule has 0 saturated heterocycles. The minimum absolute atomic E-state index is 0.167. The molecule has 0 bridgehead atoms. The molecule has 1 heterocycles. The predicted octanol–water partition coefficient (Wildman–Crippen LogP) is 5.63. The van der Waals surface area contributed by atoms with E-state index >= 15 is 0 Å². The molecule has 0 spiro atoms. The molecule has 4 N–H and O–H groups in total. The summed E-state index contributed by atoms with van der Waals surface area (Å²) in [6.07, 6.45) is 9.04. The minimum atomic E-state index is -0.233. The Balaban J connectivity index is 1.34. The van der Waals surface area contributed by atoms with Gasteiger partial charge < -0.3 is 20.9 Å². The van der Waals surface area contributed by atoms with E-state index in [4.69, 9.17) is 11.6 Å². The molecule has 7 heteroatoms. The Labute approximate surface area is 220 Å². The number of carbonyl (C=O) groups is 1. The first-order chi connectivity index (χ1) is 17.2. The van der Waals surface area contributed by atoms with E-state index in [9.17, 15) is 9.59 Å². The fourth-order valence-corrected chi connectivity index (χ4v) is 5.73. The van der Waals surface area contributed by atoms with Crippen LogP contribution < -0.4 is 21.5 Å². The van der Waals surface area contributed by atoms with E-state index in [1.54, 1.807) is 6.07 Å². The van der Waals surface area contributed by atoms with Gasteiger partial charge in [0.1, 0.15) is 0 Å². The number of hydrogen-bond acceptors (Lipinski definition) is 4. The van der Waals surface area contributed by atoms with Gasteiger partial charge in [0.05, 0.1) is 0 Å². The fraction of sp³-hybridized carbons (Fsp3) is 0.586. The molecule has 1 aromatic carbocycles. The largest absolute Gasteiger partial charge is 0.382 e. The molecule has 1 aromatic heterocycles. The molecule has 2 saturated carbocycles. The topological polar surface area (TPSA) is 86.0 Å². The molecule has 1 amide bonds. The first kappa shape index (κ1) is 26.7. The normalized spacial score (nSPS) is 20.7. The number of aromatic nitrogens is 1. The lowest BCUT2D eigenvalue weighted by molar-refractivity contribution is 0.0950. The van der Waals surface area contributed by atoms with Crippen molar-refractivity contribution in [3.05, 3.63) is 61.5 Å². The molecule has 1 atom stereocenters. The molecule has 2 aromatic rings. The standard InChI is InChI=1S/C29H41ClN4O2/c1-17-13-18(2)33-29(36)26(17)16-32-28(35)25-14-23(30)15-27(19(25)3)34-20(4)22-7-9-24(10-8-22)31-12-11-21-5-6-21/h13-15,20-22,24,31,34H,5-12,16H2,1-4H3,(H,32,35)(H,33,36). The van der Waals surface area contributed by atoms with Gasteiger partial charge in [-0.2, -0.15) is 0 Å². The lowest BCUT2D eigenvalue weighted by Gasteiger charge is -2.34. The van der Waals surface area contributed by atoms with Crippen LogP contribution in [0.2, 0.25) is 5.02 Å². The highest BCUT2D eigenvalue weighted by Crippen LogP contribution is 2.33. The van der Waals surface area contributed by atoms with Gasteiger partial charge in [-0.05, 0) is 108 Å². The van der Waals surface area contributed by atoms with Crippen LogP contribution >= 0.6 is 11.6 Å². The average Bonchev–Trinajstić information content (AvgIpc) is 3.65. The second kappa shape index (κ2) is 11.8. The second-order valence-electron chi connectivity index (χ2n) is 11.0. The summed E-state index contributed by atoms with van der Waals surface area (Å²) >= 11 is 6.43. The maximum absolute atomic E-state index is 13.1. The van der Waals surface area contributed by atoms with E-state index < -0.39 is 0 Å². The Hall–Kier alpha value is -2.31. The van der Waals surface area contributed by atoms with Crippen molar-refractivity contribution in [2.75, 3.05) is 11.9 Å². The van der Waals surface area contributed by atoms with Gasteiger partial charge in [0.2, 0.25) is 0 Å². The molecule has 6 nitrogen and oxygen atoms in total. The van der Waals surface area contributed by atoms with Crippen LogP contribution in [0.5, 0.6) is 0 Å².